The van der Waals surface area contributed by atoms with E-state index < -0.39 is 0 Å². The molecule has 3 aromatic rings. The molecule has 1 N–H and O–H groups in total. The molecule has 1 unspecified atom stereocenters. The molecule has 29 heavy (non-hydrogen) atoms. The van der Waals surface area contributed by atoms with Crippen molar-refractivity contribution in [3.63, 3.8) is 0 Å². The highest BCUT2D eigenvalue weighted by molar-refractivity contribution is 5.76. The van der Waals surface area contributed by atoms with E-state index in [-0.39, 0.29) is 23.2 Å². The van der Waals surface area contributed by atoms with Crippen LogP contribution < -0.4 is 5.32 Å². The Labute approximate surface area is 169 Å². The topological polar surface area (TPSA) is 64.7 Å². The van der Waals surface area contributed by atoms with E-state index in [4.69, 9.17) is 0 Å². The molecular weight excluding hydrogens is 369 g/mol. The van der Waals surface area contributed by atoms with Gasteiger partial charge in [0, 0.05) is 30.4 Å². The van der Waals surface area contributed by atoms with Crippen LogP contribution in [0.3, 0.4) is 0 Å². The molecule has 6 nitrogen and oxygen atoms in total. The molecule has 152 valence electrons. The van der Waals surface area contributed by atoms with Gasteiger partial charge in [0.1, 0.15) is 5.82 Å². The predicted molar refractivity (Wildman–Crippen MR) is 108 cm³/mol. The number of fused-ring (bicyclic) bond motifs is 1. The number of nitrogens with zero attached hydrogens (tertiary/aromatic N) is 4. The zero-order valence-electron chi connectivity index (χ0n) is 17.0. The van der Waals surface area contributed by atoms with Crippen molar-refractivity contribution >= 4 is 5.91 Å². The van der Waals surface area contributed by atoms with Gasteiger partial charge in [-0.2, -0.15) is 10.2 Å². The standard InChI is InChI=1S/C22H26FN5O/c1-15-8-10-24-27(15)11-9-21(29)26-19-12-22(2,3)13-20-18(19)14-25-28(20)17-6-4-16(23)5-7-17/h4-8,10,14,19H,9,11-13H2,1-3H3,(H,26,29). The van der Waals surface area contributed by atoms with Crippen molar-refractivity contribution in [1.29, 1.82) is 0 Å². The lowest BCUT2D eigenvalue weighted by atomic mass is 9.74. The predicted octanol–water partition coefficient (Wildman–Crippen LogP) is 3.74. The highest BCUT2D eigenvalue weighted by atomic mass is 19.1. The number of aryl methyl sites for hydroxylation is 2. The van der Waals surface area contributed by atoms with Gasteiger partial charge in [-0.1, -0.05) is 13.8 Å². The number of nitrogens with one attached hydrogen (secondary N) is 1. The summed E-state index contributed by atoms with van der Waals surface area (Å²) in [6, 6.07) is 8.17. The van der Waals surface area contributed by atoms with Crippen LogP contribution in [0.15, 0.2) is 42.7 Å². The minimum atomic E-state index is -0.271. The molecule has 1 aromatic carbocycles. The van der Waals surface area contributed by atoms with Crippen LogP contribution >= 0.6 is 0 Å². The number of benzene rings is 1. The first-order valence-electron chi connectivity index (χ1n) is 9.93. The summed E-state index contributed by atoms with van der Waals surface area (Å²) in [5.41, 5.74) is 3.99. The van der Waals surface area contributed by atoms with Crippen LogP contribution in [0.25, 0.3) is 5.69 Å². The molecule has 2 aromatic heterocycles. The number of rotatable bonds is 5. The molecule has 0 radical (unpaired) electrons. The third-order valence-corrected chi connectivity index (χ3v) is 5.57. The van der Waals surface area contributed by atoms with Gasteiger partial charge in [0.25, 0.3) is 0 Å². The second-order valence-electron chi connectivity index (χ2n) is 8.55. The Bertz CT molecular complexity index is 1020. The van der Waals surface area contributed by atoms with Crippen molar-refractivity contribution in [1.82, 2.24) is 24.9 Å². The lowest BCUT2D eigenvalue weighted by Gasteiger charge is -2.36. The molecule has 2 heterocycles. The van der Waals surface area contributed by atoms with Crippen molar-refractivity contribution in [2.24, 2.45) is 5.41 Å². The molecule has 1 aliphatic carbocycles. The highest BCUT2D eigenvalue weighted by Crippen LogP contribution is 2.41. The van der Waals surface area contributed by atoms with Crippen LogP contribution in [0.1, 0.15) is 49.7 Å². The molecule has 0 saturated carbocycles. The largest absolute Gasteiger partial charge is 0.349 e. The number of hydrogen-bond acceptors (Lipinski definition) is 3. The van der Waals surface area contributed by atoms with Gasteiger partial charge in [0.15, 0.2) is 0 Å². The van der Waals surface area contributed by atoms with E-state index in [2.05, 4.69) is 29.4 Å². The Morgan fingerprint density at radius 3 is 2.69 bits per heavy atom. The molecule has 0 fully saturated rings. The van der Waals surface area contributed by atoms with Crippen molar-refractivity contribution in [2.75, 3.05) is 0 Å². The molecule has 7 heteroatoms. The minimum Gasteiger partial charge on any atom is -0.349 e. The maximum atomic E-state index is 13.3. The lowest BCUT2D eigenvalue weighted by Crippen LogP contribution is -2.37. The molecular formula is C22H26FN5O. The fourth-order valence-corrected chi connectivity index (χ4v) is 4.08. The van der Waals surface area contributed by atoms with E-state index in [0.29, 0.717) is 13.0 Å². The van der Waals surface area contributed by atoms with E-state index in [1.54, 1.807) is 18.3 Å². The molecule has 1 aliphatic rings. The first-order chi connectivity index (χ1) is 13.8. The van der Waals surface area contributed by atoms with E-state index in [1.807, 2.05) is 28.6 Å². The first kappa shape index (κ1) is 19.4. The first-order valence-corrected chi connectivity index (χ1v) is 9.93. The summed E-state index contributed by atoms with van der Waals surface area (Å²) in [4.78, 5) is 12.6. The Morgan fingerprint density at radius 2 is 2.00 bits per heavy atom. The van der Waals surface area contributed by atoms with Crippen molar-refractivity contribution in [3.8, 4) is 5.69 Å². The average molecular weight is 395 g/mol. The van der Waals surface area contributed by atoms with Crippen molar-refractivity contribution < 1.29 is 9.18 Å². The van der Waals surface area contributed by atoms with Gasteiger partial charge < -0.3 is 5.32 Å². The van der Waals surface area contributed by atoms with Gasteiger partial charge in [-0.15, -0.1) is 0 Å². The summed E-state index contributed by atoms with van der Waals surface area (Å²) < 4.78 is 17.0. The van der Waals surface area contributed by atoms with Gasteiger partial charge in [0.05, 0.1) is 23.6 Å². The number of halogens is 1. The quantitative estimate of drug-likeness (QED) is 0.716. The normalized spacial score (nSPS) is 17.7. The summed E-state index contributed by atoms with van der Waals surface area (Å²) in [6.07, 6.45) is 5.64. The fraction of sp³-hybridized carbons (Fsp3) is 0.409. The minimum absolute atomic E-state index is 0.00285. The van der Waals surface area contributed by atoms with Crippen molar-refractivity contribution in [3.05, 3.63) is 65.5 Å². The molecule has 0 saturated heterocycles. The molecule has 4 rings (SSSR count). The van der Waals surface area contributed by atoms with Crippen LogP contribution in [-0.2, 0) is 17.8 Å². The number of carbonyl (C=O) groups excluding carboxylic acids is 1. The lowest BCUT2D eigenvalue weighted by molar-refractivity contribution is -0.122. The van der Waals surface area contributed by atoms with Gasteiger partial charge in [-0.3, -0.25) is 9.48 Å². The summed E-state index contributed by atoms with van der Waals surface area (Å²) in [5, 5.41) is 12.0. The highest BCUT2D eigenvalue weighted by Gasteiger charge is 2.36. The summed E-state index contributed by atoms with van der Waals surface area (Å²) in [7, 11) is 0. The zero-order valence-corrected chi connectivity index (χ0v) is 17.0. The monoisotopic (exact) mass is 395 g/mol. The second kappa shape index (κ2) is 7.46. The SMILES string of the molecule is Cc1ccnn1CCC(=O)NC1CC(C)(C)Cc2c1cnn2-c1ccc(F)cc1. The number of carbonyl (C=O) groups is 1. The molecule has 0 bridgehead atoms. The number of hydrogen-bond donors (Lipinski definition) is 1. The van der Waals surface area contributed by atoms with E-state index in [9.17, 15) is 9.18 Å². The van der Waals surface area contributed by atoms with Gasteiger partial charge >= 0.3 is 0 Å². The van der Waals surface area contributed by atoms with Gasteiger partial charge in [-0.05, 0) is 55.5 Å². The van der Waals surface area contributed by atoms with E-state index in [1.165, 1.54) is 12.1 Å². The fourth-order valence-electron chi connectivity index (χ4n) is 4.08. The zero-order chi connectivity index (χ0) is 20.6. The van der Waals surface area contributed by atoms with E-state index in [0.717, 1.165) is 35.5 Å². The number of amides is 1. The Kier molecular flexibility index (Phi) is 4.98. The Balaban J connectivity index is 1.54. The van der Waals surface area contributed by atoms with Crippen LogP contribution in [0.4, 0.5) is 4.39 Å². The third-order valence-electron chi connectivity index (χ3n) is 5.57. The smallest absolute Gasteiger partial charge is 0.222 e. The molecule has 1 amide bonds. The summed E-state index contributed by atoms with van der Waals surface area (Å²) in [6.45, 7) is 6.93. The maximum absolute atomic E-state index is 13.3. The van der Waals surface area contributed by atoms with Crippen molar-refractivity contribution in [2.45, 2.75) is 52.6 Å². The van der Waals surface area contributed by atoms with Gasteiger partial charge in [-0.25, -0.2) is 9.07 Å². The summed E-state index contributed by atoms with van der Waals surface area (Å²) >= 11 is 0. The average Bonchev–Trinajstić information content (AvgIpc) is 3.26. The van der Waals surface area contributed by atoms with Crippen LogP contribution in [0.2, 0.25) is 0 Å². The van der Waals surface area contributed by atoms with E-state index >= 15 is 0 Å². The third kappa shape index (κ3) is 4.09. The molecule has 0 spiro atoms. The Morgan fingerprint density at radius 1 is 1.24 bits per heavy atom. The second-order valence-corrected chi connectivity index (χ2v) is 8.55. The Hall–Kier alpha value is -2.96. The van der Waals surface area contributed by atoms with Crippen LogP contribution in [0, 0.1) is 18.2 Å². The molecule has 1 atom stereocenters. The van der Waals surface area contributed by atoms with Crippen LogP contribution in [0.5, 0.6) is 0 Å². The maximum Gasteiger partial charge on any atom is 0.222 e. The van der Waals surface area contributed by atoms with Crippen LogP contribution in [-0.4, -0.2) is 25.5 Å². The number of aromatic nitrogens is 4. The summed E-state index contributed by atoms with van der Waals surface area (Å²) in [5.74, 6) is -0.268. The van der Waals surface area contributed by atoms with Gasteiger partial charge in [0.2, 0.25) is 5.91 Å². The molecule has 0 aliphatic heterocycles.